The SMILES string of the molecule is CCn1c(SCC(=O)NC2CCN(Cc3ccccc3)C2)nc2sc3c(c2c1=O)CCCC3. The predicted molar refractivity (Wildman–Crippen MR) is 135 cm³/mol. The molecule has 1 unspecified atom stereocenters. The van der Waals surface area contributed by atoms with Crippen molar-refractivity contribution in [1.29, 1.82) is 0 Å². The summed E-state index contributed by atoms with van der Waals surface area (Å²) in [5, 5.41) is 4.65. The van der Waals surface area contributed by atoms with Gasteiger partial charge in [-0.05, 0) is 50.2 Å². The number of aromatic nitrogens is 2. The van der Waals surface area contributed by atoms with Crippen molar-refractivity contribution < 1.29 is 4.79 Å². The Labute approximate surface area is 202 Å². The van der Waals surface area contributed by atoms with Crippen molar-refractivity contribution in [2.75, 3.05) is 18.8 Å². The first-order chi connectivity index (χ1) is 16.1. The molecule has 1 atom stereocenters. The van der Waals surface area contributed by atoms with Crippen LogP contribution in [0.25, 0.3) is 10.2 Å². The summed E-state index contributed by atoms with van der Waals surface area (Å²) in [5.41, 5.74) is 2.57. The third kappa shape index (κ3) is 4.88. The van der Waals surface area contributed by atoms with Gasteiger partial charge in [-0.1, -0.05) is 42.1 Å². The van der Waals surface area contributed by atoms with Crippen LogP contribution >= 0.6 is 23.1 Å². The predicted octanol–water partition coefficient (Wildman–Crippen LogP) is 3.84. The second-order valence-corrected chi connectivity index (χ2v) is 10.9. The molecule has 174 valence electrons. The average molecular weight is 483 g/mol. The van der Waals surface area contributed by atoms with Gasteiger partial charge in [-0.15, -0.1) is 11.3 Å². The second-order valence-electron chi connectivity index (χ2n) is 8.90. The molecule has 6 nitrogen and oxygen atoms in total. The van der Waals surface area contributed by atoms with Crippen molar-refractivity contribution in [3.05, 3.63) is 56.7 Å². The van der Waals surface area contributed by atoms with Gasteiger partial charge in [0.15, 0.2) is 5.16 Å². The molecule has 2 aromatic heterocycles. The number of likely N-dealkylation sites (tertiary alicyclic amines) is 1. The molecule has 1 aliphatic heterocycles. The number of carbonyl (C=O) groups excluding carboxylic acids is 1. The van der Waals surface area contributed by atoms with Gasteiger partial charge in [-0.3, -0.25) is 19.1 Å². The number of rotatable bonds is 7. The summed E-state index contributed by atoms with van der Waals surface area (Å²) in [6, 6.07) is 10.6. The zero-order chi connectivity index (χ0) is 22.8. The number of hydrogen-bond donors (Lipinski definition) is 1. The van der Waals surface area contributed by atoms with E-state index in [1.807, 2.05) is 13.0 Å². The summed E-state index contributed by atoms with van der Waals surface area (Å²) in [6.45, 7) is 5.31. The highest BCUT2D eigenvalue weighted by atomic mass is 32.2. The van der Waals surface area contributed by atoms with Crippen molar-refractivity contribution in [2.45, 2.75) is 63.3 Å². The minimum Gasteiger partial charge on any atom is -0.351 e. The number of benzene rings is 1. The van der Waals surface area contributed by atoms with Crippen molar-refractivity contribution in [3.8, 4) is 0 Å². The van der Waals surface area contributed by atoms with E-state index in [0.29, 0.717) is 11.7 Å². The lowest BCUT2D eigenvalue weighted by Crippen LogP contribution is -2.38. The highest BCUT2D eigenvalue weighted by Gasteiger charge is 2.25. The van der Waals surface area contributed by atoms with Gasteiger partial charge in [0.1, 0.15) is 4.83 Å². The van der Waals surface area contributed by atoms with Gasteiger partial charge in [-0.25, -0.2) is 4.98 Å². The second kappa shape index (κ2) is 9.99. The number of nitrogens with zero attached hydrogens (tertiary/aromatic N) is 3. The van der Waals surface area contributed by atoms with Gasteiger partial charge in [0.2, 0.25) is 5.91 Å². The van der Waals surface area contributed by atoms with Crippen LogP contribution in [0.15, 0.2) is 40.3 Å². The summed E-state index contributed by atoms with van der Waals surface area (Å²) in [6.07, 6.45) is 5.33. The zero-order valence-electron chi connectivity index (χ0n) is 19.0. The fourth-order valence-corrected chi connectivity index (χ4v) is 7.12. The minimum atomic E-state index is 0.00836. The largest absolute Gasteiger partial charge is 0.351 e. The molecule has 1 N–H and O–H groups in total. The Morgan fingerprint density at radius 2 is 2.06 bits per heavy atom. The maximum Gasteiger partial charge on any atom is 0.263 e. The number of aryl methyl sites for hydroxylation is 2. The number of hydrogen-bond acceptors (Lipinski definition) is 6. The van der Waals surface area contributed by atoms with Crippen molar-refractivity contribution in [2.24, 2.45) is 0 Å². The van der Waals surface area contributed by atoms with Crippen molar-refractivity contribution >= 4 is 39.2 Å². The van der Waals surface area contributed by atoms with Gasteiger partial charge < -0.3 is 5.32 Å². The van der Waals surface area contributed by atoms with E-state index in [4.69, 9.17) is 4.98 Å². The fourth-order valence-electron chi connectivity index (χ4n) is 4.94. The van der Waals surface area contributed by atoms with Gasteiger partial charge in [-0.2, -0.15) is 0 Å². The van der Waals surface area contributed by atoms with Gasteiger partial charge in [0.25, 0.3) is 5.56 Å². The van der Waals surface area contributed by atoms with E-state index in [9.17, 15) is 9.59 Å². The minimum absolute atomic E-state index is 0.00836. The molecule has 2 aliphatic rings. The Bertz CT molecular complexity index is 1200. The van der Waals surface area contributed by atoms with E-state index >= 15 is 0 Å². The van der Waals surface area contributed by atoms with Gasteiger partial charge in [0.05, 0.1) is 11.1 Å². The van der Waals surface area contributed by atoms with E-state index in [1.165, 1.54) is 34.2 Å². The summed E-state index contributed by atoms with van der Waals surface area (Å²) in [7, 11) is 0. The smallest absolute Gasteiger partial charge is 0.263 e. The Morgan fingerprint density at radius 3 is 2.88 bits per heavy atom. The third-order valence-electron chi connectivity index (χ3n) is 6.57. The number of nitrogens with one attached hydrogen (secondary N) is 1. The molecule has 1 aromatic carbocycles. The molecule has 1 aliphatic carbocycles. The monoisotopic (exact) mass is 482 g/mol. The van der Waals surface area contributed by atoms with E-state index in [2.05, 4.69) is 34.5 Å². The van der Waals surface area contributed by atoms with E-state index < -0.39 is 0 Å². The van der Waals surface area contributed by atoms with Crippen LogP contribution in [0.3, 0.4) is 0 Å². The molecule has 0 spiro atoms. The molecule has 0 bridgehead atoms. The molecule has 3 aromatic rings. The Balaban J connectivity index is 1.22. The van der Waals surface area contributed by atoms with Crippen molar-refractivity contribution in [3.63, 3.8) is 0 Å². The molecule has 3 heterocycles. The van der Waals surface area contributed by atoms with Crippen molar-refractivity contribution in [1.82, 2.24) is 19.8 Å². The number of thiophene rings is 1. The molecule has 1 fully saturated rings. The Hall–Kier alpha value is -2.16. The zero-order valence-corrected chi connectivity index (χ0v) is 20.6. The standard InChI is InChI=1S/C25H30N4O2S2/c1-2-29-24(31)22-19-10-6-7-11-20(19)33-23(22)27-25(29)32-16-21(30)26-18-12-13-28(15-18)14-17-8-4-3-5-9-17/h3-5,8-9,18H,2,6-7,10-16H2,1H3,(H,26,30). The van der Waals surface area contributed by atoms with Gasteiger partial charge >= 0.3 is 0 Å². The van der Waals surface area contributed by atoms with Crippen LogP contribution in [-0.2, 0) is 30.7 Å². The Kier molecular flexibility index (Phi) is 6.85. The van der Waals surface area contributed by atoms with E-state index in [0.717, 1.165) is 55.5 Å². The molecule has 0 saturated carbocycles. The third-order valence-corrected chi connectivity index (χ3v) is 8.74. The van der Waals surface area contributed by atoms with E-state index in [-0.39, 0.29) is 23.3 Å². The molecule has 0 radical (unpaired) electrons. The van der Waals surface area contributed by atoms with Crippen LogP contribution in [-0.4, -0.2) is 45.2 Å². The maximum absolute atomic E-state index is 13.2. The molecular weight excluding hydrogens is 452 g/mol. The lowest BCUT2D eigenvalue weighted by atomic mass is 9.97. The lowest BCUT2D eigenvalue weighted by Gasteiger charge is -2.17. The quantitative estimate of drug-likeness (QED) is 0.409. The lowest BCUT2D eigenvalue weighted by molar-refractivity contribution is -0.119. The summed E-state index contributed by atoms with van der Waals surface area (Å²) in [5.74, 6) is 0.284. The fraction of sp³-hybridized carbons (Fsp3) is 0.480. The van der Waals surface area contributed by atoms with Crippen LogP contribution < -0.4 is 10.9 Å². The first-order valence-corrected chi connectivity index (χ1v) is 13.7. The molecule has 33 heavy (non-hydrogen) atoms. The first kappa shape index (κ1) is 22.6. The van der Waals surface area contributed by atoms with Crippen LogP contribution in [0, 0.1) is 0 Å². The highest BCUT2D eigenvalue weighted by molar-refractivity contribution is 7.99. The number of fused-ring (bicyclic) bond motifs is 3. The molecule has 1 saturated heterocycles. The van der Waals surface area contributed by atoms with Gasteiger partial charge in [0, 0.05) is 37.1 Å². The Morgan fingerprint density at radius 1 is 1.24 bits per heavy atom. The molecule has 8 heteroatoms. The first-order valence-electron chi connectivity index (χ1n) is 11.9. The number of thioether (sulfide) groups is 1. The van der Waals surface area contributed by atoms with Crippen LogP contribution in [0.5, 0.6) is 0 Å². The van der Waals surface area contributed by atoms with Crippen LogP contribution in [0.4, 0.5) is 0 Å². The number of carbonyl (C=O) groups is 1. The summed E-state index contributed by atoms with van der Waals surface area (Å²) < 4.78 is 1.74. The summed E-state index contributed by atoms with van der Waals surface area (Å²) >= 11 is 3.04. The van der Waals surface area contributed by atoms with Crippen LogP contribution in [0.1, 0.15) is 42.2 Å². The normalized spacial score (nSPS) is 18.5. The molecular formula is C25H30N4O2S2. The average Bonchev–Trinajstić information content (AvgIpc) is 3.42. The van der Waals surface area contributed by atoms with E-state index in [1.54, 1.807) is 15.9 Å². The van der Waals surface area contributed by atoms with Crippen LogP contribution in [0.2, 0.25) is 0 Å². The number of amides is 1. The molecule has 1 amide bonds. The molecule has 5 rings (SSSR count). The topological polar surface area (TPSA) is 67.2 Å². The highest BCUT2D eigenvalue weighted by Crippen LogP contribution is 2.34. The summed E-state index contributed by atoms with van der Waals surface area (Å²) in [4.78, 5) is 35.3. The maximum atomic E-state index is 13.2.